The third-order valence-electron chi connectivity index (χ3n) is 3.86. The maximum absolute atomic E-state index is 3.50. The SMILES string of the molecule is Brc1ccc(C2CCN(Cc3ccccc3)C2)cc1. The second-order valence-electron chi connectivity index (χ2n) is 5.26. The maximum Gasteiger partial charge on any atom is 0.0233 e. The van der Waals surface area contributed by atoms with Crippen LogP contribution >= 0.6 is 15.9 Å². The number of halogens is 1. The lowest BCUT2D eigenvalue weighted by Crippen LogP contribution is -2.19. The van der Waals surface area contributed by atoms with Crippen molar-refractivity contribution in [3.8, 4) is 0 Å². The first kappa shape index (κ1) is 12.9. The van der Waals surface area contributed by atoms with E-state index in [1.54, 1.807) is 0 Å². The molecular weight excluding hydrogens is 298 g/mol. The van der Waals surface area contributed by atoms with Crippen LogP contribution in [0, 0.1) is 0 Å². The summed E-state index contributed by atoms with van der Waals surface area (Å²) in [6, 6.07) is 19.6. The first-order valence-corrected chi connectivity index (χ1v) is 7.62. The Labute approximate surface area is 123 Å². The van der Waals surface area contributed by atoms with E-state index >= 15 is 0 Å². The van der Waals surface area contributed by atoms with Gasteiger partial charge >= 0.3 is 0 Å². The van der Waals surface area contributed by atoms with Crippen LogP contribution in [-0.4, -0.2) is 18.0 Å². The van der Waals surface area contributed by atoms with Gasteiger partial charge in [-0.3, -0.25) is 4.90 Å². The molecule has 0 spiro atoms. The lowest BCUT2D eigenvalue weighted by atomic mass is 9.99. The fraction of sp³-hybridized carbons (Fsp3) is 0.294. The highest BCUT2D eigenvalue weighted by Gasteiger charge is 2.23. The number of hydrogen-bond acceptors (Lipinski definition) is 1. The third-order valence-corrected chi connectivity index (χ3v) is 4.39. The molecule has 19 heavy (non-hydrogen) atoms. The molecule has 1 aliphatic heterocycles. The van der Waals surface area contributed by atoms with E-state index in [2.05, 4.69) is 75.4 Å². The van der Waals surface area contributed by atoms with Crippen LogP contribution in [0.2, 0.25) is 0 Å². The van der Waals surface area contributed by atoms with Crippen molar-refractivity contribution in [3.05, 3.63) is 70.2 Å². The fourth-order valence-corrected chi connectivity index (χ4v) is 3.09. The standard InChI is InChI=1S/C17H18BrN/c18-17-8-6-15(7-9-17)16-10-11-19(13-16)12-14-4-2-1-3-5-14/h1-9,16H,10-13H2. The maximum atomic E-state index is 3.50. The Morgan fingerprint density at radius 1 is 1.00 bits per heavy atom. The zero-order valence-corrected chi connectivity index (χ0v) is 12.5. The van der Waals surface area contributed by atoms with E-state index in [1.165, 1.54) is 30.6 Å². The molecule has 2 aromatic rings. The van der Waals surface area contributed by atoms with Crippen LogP contribution in [0.3, 0.4) is 0 Å². The zero-order chi connectivity index (χ0) is 13.1. The van der Waals surface area contributed by atoms with E-state index in [9.17, 15) is 0 Å². The summed E-state index contributed by atoms with van der Waals surface area (Å²) in [6.45, 7) is 3.46. The predicted molar refractivity (Wildman–Crippen MR) is 83.2 cm³/mol. The van der Waals surface area contributed by atoms with Gasteiger partial charge in [-0.05, 0) is 42.1 Å². The fourth-order valence-electron chi connectivity index (χ4n) is 2.82. The number of likely N-dealkylation sites (tertiary alicyclic amines) is 1. The van der Waals surface area contributed by atoms with E-state index < -0.39 is 0 Å². The molecular formula is C17H18BrN. The molecule has 0 saturated carbocycles. The summed E-state index contributed by atoms with van der Waals surface area (Å²) < 4.78 is 1.16. The first-order chi connectivity index (χ1) is 9.31. The van der Waals surface area contributed by atoms with Crippen molar-refractivity contribution >= 4 is 15.9 Å². The van der Waals surface area contributed by atoms with Gasteiger partial charge in [-0.2, -0.15) is 0 Å². The Morgan fingerprint density at radius 3 is 2.47 bits per heavy atom. The van der Waals surface area contributed by atoms with Crippen molar-refractivity contribution in [1.82, 2.24) is 4.90 Å². The summed E-state index contributed by atoms with van der Waals surface area (Å²) in [6.07, 6.45) is 1.27. The van der Waals surface area contributed by atoms with E-state index in [-0.39, 0.29) is 0 Å². The van der Waals surface area contributed by atoms with Gasteiger partial charge in [0.05, 0.1) is 0 Å². The minimum Gasteiger partial charge on any atom is -0.298 e. The van der Waals surface area contributed by atoms with Gasteiger partial charge in [0.1, 0.15) is 0 Å². The Balaban J connectivity index is 1.62. The molecule has 2 aromatic carbocycles. The third kappa shape index (κ3) is 3.26. The minimum atomic E-state index is 0.691. The molecule has 1 atom stereocenters. The molecule has 0 N–H and O–H groups in total. The largest absolute Gasteiger partial charge is 0.298 e. The van der Waals surface area contributed by atoms with Gasteiger partial charge < -0.3 is 0 Å². The number of nitrogens with zero attached hydrogens (tertiary/aromatic N) is 1. The zero-order valence-electron chi connectivity index (χ0n) is 10.9. The Bertz CT molecular complexity index is 521. The molecule has 1 nitrogen and oxygen atoms in total. The summed E-state index contributed by atoms with van der Waals surface area (Å²) in [5, 5.41) is 0. The van der Waals surface area contributed by atoms with Crippen LogP contribution < -0.4 is 0 Å². The number of rotatable bonds is 3. The average Bonchev–Trinajstić information content (AvgIpc) is 2.89. The number of benzene rings is 2. The predicted octanol–water partition coefficient (Wildman–Crippen LogP) is 4.44. The molecule has 3 rings (SSSR count). The second kappa shape index (κ2) is 5.89. The Morgan fingerprint density at radius 2 is 1.74 bits per heavy atom. The van der Waals surface area contributed by atoms with Crippen molar-refractivity contribution < 1.29 is 0 Å². The first-order valence-electron chi connectivity index (χ1n) is 6.83. The Kier molecular flexibility index (Phi) is 4.00. The van der Waals surface area contributed by atoms with E-state index in [1.807, 2.05) is 0 Å². The molecule has 1 heterocycles. The van der Waals surface area contributed by atoms with Crippen molar-refractivity contribution in [2.45, 2.75) is 18.9 Å². The van der Waals surface area contributed by atoms with Crippen LogP contribution in [0.4, 0.5) is 0 Å². The molecule has 2 heteroatoms. The molecule has 1 unspecified atom stereocenters. The quantitative estimate of drug-likeness (QED) is 0.809. The van der Waals surface area contributed by atoms with Crippen molar-refractivity contribution in [2.24, 2.45) is 0 Å². The van der Waals surface area contributed by atoms with Crippen LogP contribution in [0.1, 0.15) is 23.5 Å². The highest BCUT2D eigenvalue weighted by atomic mass is 79.9. The van der Waals surface area contributed by atoms with Gasteiger partial charge in [-0.25, -0.2) is 0 Å². The molecule has 0 radical (unpaired) electrons. The Hall–Kier alpha value is -1.12. The van der Waals surface area contributed by atoms with E-state index in [0.29, 0.717) is 5.92 Å². The topological polar surface area (TPSA) is 3.24 Å². The highest BCUT2D eigenvalue weighted by molar-refractivity contribution is 9.10. The molecule has 0 amide bonds. The van der Waals surface area contributed by atoms with E-state index in [4.69, 9.17) is 0 Å². The molecule has 0 aliphatic carbocycles. The lowest BCUT2D eigenvalue weighted by Gasteiger charge is -2.16. The van der Waals surface area contributed by atoms with Crippen LogP contribution in [-0.2, 0) is 6.54 Å². The monoisotopic (exact) mass is 315 g/mol. The number of hydrogen-bond donors (Lipinski definition) is 0. The second-order valence-corrected chi connectivity index (χ2v) is 6.17. The van der Waals surface area contributed by atoms with Gasteiger partial charge in [-0.1, -0.05) is 58.4 Å². The molecule has 1 saturated heterocycles. The van der Waals surface area contributed by atoms with Crippen molar-refractivity contribution in [3.63, 3.8) is 0 Å². The van der Waals surface area contributed by atoms with Crippen molar-refractivity contribution in [1.29, 1.82) is 0 Å². The van der Waals surface area contributed by atoms with Gasteiger partial charge in [0.15, 0.2) is 0 Å². The van der Waals surface area contributed by atoms with Gasteiger partial charge in [0.2, 0.25) is 0 Å². The van der Waals surface area contributed by atoms with Crippen LogP contribution in [0.5, 0.6) is 0 Å². The summed E-state index contributed by atoms with van der Waals surface area (Å²) >= 11 is 3.50. The molecule has 98 valence electrons. The van der Waals surface area contributed by atoms with Gasteiger partial charge in [0.25, 0.3) is 0 Å². The van der Waals surface area contributed by atoms with E-state index in [0.717, 1.165) is 11.0 Å². The summed E-state index contributed by atoms with van der Waals surface area (Å²) in [4.78, 5) is 2.56. The van der Waals surface area contributed by atoms with Crippen LogP contribution in [0.25, 0.3) is 0 Å². The highest BCUT2D eigenvalue weighted by Crippen LogP contribution is 2.28. The molecule has 0 aromatic heterocycles. The average molecular weight is 316 g/mol. The van der Waals surface area contributed by atoms with Crippen molar-refractivity contribution in [2.75, 3.05) is 13.1 Å². The normalized spacial score (nSPS) is 19.7. The summed E-state index contributed by atoms with van der Waals surface area (Å²) in [5.74, 6) is 0.691. The van der Waals surface area contributed by atoms with Gasteiger partial charge in [0, 0.05) is 17.6 Å². The van der Waals surface area contributed by atoms with Crippen LogP contribution in [0.15, 0.2) is 59.1 Å². The summed E-state index contributed by atoms with van der Waals surface area (Å²) in [7, 11) is 0. The molecule has 1 fully saturated rings. The lowest BCUT2D eigenvalue weighted by molar-refractivity contribution is 0.327. The molecule has 1 aliphatic rings. The summed E-state index contributed by atoms with van der Waals surface area (Å²) in [5.41, 5.74) is 2.89. The smallest absolute Gasteiger partial charge is 0.0233 e. The van der Waals surface area contributed by atoms with Gasteiger partial charge in [-0.15, -0.1) is 0 Å². The minimum absolute atomic E-state index is 0.691. The molecule has 0 bridgehead atoms.